The van der Waals surface area contributed by atoms with Gasteiger partial charge in [-0.1, -0.05) is 0 Å². The summed E-state index contributed by atoms with van der Waals surface area (Å²) >= 11 is 0. The van der Waals surface area contributed by atoms with Gasteiger partial charge in [-0.3, -0.25) is 0 Å². The zero-order chi connectivity index (χ0) is 61.8. The molecular weight excluding hydrogens is 1150 g/mol. The van der Waals surface area contributed by atoms with Crippen LogP contribution in [0.15, 0.2) is 0 Å². The number of hydrogen-bond donors (Lipinski definition) is 26. The Labute approximate surface area is 467 Å². The summed E-state index contributed by atoms with van der Waals surface area (Å²) in [6.45, 7) is -8.19. The minimum Gasteiger partial charge on any atom is -0.477 e. The van der Waals surface area contributed by atoms with Gasteiger partial charge in [0, 0.05) is 0 Å². The van der Waals surface area contributed by atoms with E-state index in [1.54, 1.807) is 0 Å². The fraction of sp³-hybridized carbons (Fsp3) is 0.977. The zero-order valence-electron chi connectivity index (χ0n) is 43.4. The summed E-state index contributed by atoms with van der Waals surface area (Å²) < 4.78 is 65.8. The highest BCUT2D eigenvalue weighted by atomic mass is 16.8. The number of nitrogens with two attached hydrogens (primary N) is 1. The summed E-state index contributed by atoms with van der Waals surface area (Å²) in [6, 6.07) is -1.65. The second-order valence-corrected chi connectivity index (χ2v) is 20.6. The van der Waals surface area contributed by atoms with Crippen LogP contribution in [-0.4, -0.2) is 401 Å². The molecule has 0 saturated carbocycles. The van der Waals surface area contributed by atoms with Crippen LogP contribution in [0.3, 0.4) is 0 Å². The van der Waals surface area contributed by atoms with Crippen molar-refractivity contribution in [1.29, 1.82) is 0 Å². The Morgan fingerprint density at radius 1 is 0.446 bits per heavy atom. The number of carboxylic acids is 1. The molecule has 39 heteroatoms. The average molecular weight is 1230 g/mol. The molecular formula is C44H77NO38. The second-order valence-electron chi connectivity index (χ2n) is 20.6. The van der Waals surface area contributed by atoms with Crippen LogP contribution in [0.1, 0.15) is 0 Å². The Bertz CT molecular complexity index is 1980. The lowest BCUT2D eigenvalue weighted by Gasteiger charge is -2.51. The van der Waals surface area contributed by atoms with Gasteiger partial charge in [-0.15, -0.1) is 0 Å². The van der Waals surface area contributed by atoms with Crippen molar-refractivity contribution in [3.8, 4) is 0 Å². The fourth-order valence-corrected chi connectivity index (χ4v) is 9.74. The number of hydrogen-bond acceptors (Lipinski definition) is 38. The van der Waals surface area contributed by atoms with Crippen molar-refractivity contribution in [2.24, 2.45) is 5.73 Å². The molecule has 0 aromatic carbocycles. The molecule has 0 radical (unpaired) electrons. The van der Waals surface area contributed by atoms with Crippen LogP contribution in [0, 0.1) is 0 Å². The SMILES string of the molecule is N[C@H]1[C@H](OC[C@@H](O)[C@@H](O)[C@H](O)[C@@H](O)CO)O[C@H](CO[C@@]2(C(=O)O)O[C@H]([C@H](O)CO)[C@H](O[C@H]3O[C@H](CO)[C@@H](O[C@@H]4O[C@H](CO[C@H]5O[C@H](CO[C@H]6O[C@H](CO)[C@@H](O)[C@H](O)[C@H]6O)[C@@H](O)[C@H](O)[C@H]5O)[C@@H](O)[C@H](O)[C@H]4O)[C@H](O)[C@H]3O)[C@H](O)[C@@H]2O)[C@@H](O)[C@@H]1O. The van der Waals surface area contributed by atoms with Gasteiger partial charge in [0.1, 0.15) is 171 Å². The lowest BCUT2D eigenvalue weighted by molar-refractivity contribution is -0.400. The Balaban J connectivity index is 1.09. The first kappa shape index (κ1) is 70.1. The van der Waals surface area contributed by atoms with Crippen molar-refractivity contribution >= 4 is 5.97 Å². The third-order valence-electron chi connectivity index (χ3n) is 15.0. The van der Waals surface area contributed by atoms with E-state index in [9.17, 15) is 127 Å². The molecule has 0 spiro atoms. The molecule has 0 unspecified atom stereocenters. The number of aliphatic carboxylic acids is 1. The molecule has 83 heavy (non-hydrogen) atoms. The number of carboxylic acid groups (broad SMARTS) is 1. The van der Waals surface area contributed by atoms with Gasteiger partial charge in [-0.05, 0) is 0 Å². The van der Waals surface area contributed by atoms with E-state index in [-0.39, 0.29) is 0 Å². The van der Waals surface area contributed by atoms with Crippen LogP contribution in [0.5, 0.6) is 0 Å². The van der Waals surface area contributed by atoms with Crippen molar-refractivity contribution in [3.05, 3.63) is 0 Å². The predicted molar refractivity (Wildman–Crippen MR) is 249 cm³/mol. The van der Waals surface area contributed by atoms with E-state index in [0.717, 1.165) is 0 Å². The molecule has 6 fully saturated rings. The van der Waals surface area contributed by atoms with E-state index in [4.69, 9.17) is 67.7 Å². The van der Waals surface area contributed by atoms with Gasteiger partial charge in [0.2, 0.25) is 0 Å². The molecule has 6 aliphatic heterocycles. The summed E-state index contributed by atoms with van der Waals surface area (Å²) in [4.78, 5) is 12.9. The minimum absolute atomic E-state index is 0.762. The molecule has 0 aromatic rings. The fourth-order valence-electron chi connectivity index (χ4n) is 9.74. The Kier molecular flexibility index (Phi) is 25.3. The smallest absolute Gasteiger partial charge is 0.367 e. The first-order valence-electron chi connectivity index (χ1n) is 25.8. The molecule has 6 saturated heterocycles. The van der Waals surface area contributed by atoms with Crippen molar-refractivity contribution in [2.45, 2.75) is 214 Å². The first-order valence-corrected chi connectivity index (χ1v) is 25.8. The first-order chi connectivity index (χ1) is 39.0. The Hall–Kier alpha value is -2.01. The van der Waals surface area contributed by atoms with Crippen LogP contribution in [-0.2, 0) is 61.6 Å². The highest BCUT2D eigenvalue weighted by molar-refractivity contribution is 5.77. The van der Waals surface area contributed by atoms with Gasteiger partial charge >= 0.3 is 5.97 Å². The minimum atomic E-state index is -3.53. The van der Waals surface area contributed by atoms with Crippen LogP contribution >= 0.6 is 0 Å². The number of aliphatic hydroxyl groups is 24. The van der Waals surface area contributed by atoms with E-state index in [0.29, 0.717) is 0 Å². The molecule has 6 heterocycles. The summed E-state index contributed by atoms with van der Waals surface area (Å²) in [5.41, 5.74) is 5.89. The molecule has 486 valence electrons. The largest absolute Gasteiger partial charge is 0.477 e. The van der Waals surface area contributed by atoms with E-state index in [1.165, 1.54) is 0 Å². The number of ether oxygens (including phenoxy) is 12. The molecule has 0 bridgehead atoms. The van der Waals surface area contributed by atoms with Crippen LogP contribution in [0.2, 0.25) is 0 Å². The highest BCUT2D eigenvalue weighted by Crippen LogP contribution is 2.39. The van der Waals surface area contributed by atoms with E-state index in [1.807, 2.05) is 0 Å². The predicted octanol–water partition coefficient (Wildman–Crippen LogP) is -17.9. The van der Waals surface area contributed by atoms with Crippen LogP contribution < -0.4 is 5.73 Å². The van der Waals surface area contributed by atoms with Crippen molar-refractivity contribution in [3.63, 3.8) is 0 Å². The third-order valence-corrected chi connectivity index (χ3v) is 15.0. The number of rotatable bonds is 25. The maximum atomic E-state index is 12.9. The molecule has 6 aliphatic rings. The third kappa shape index (κ3) is 15.0. The maximum absolute atomic E-state index is 12.9. The number of aliphatic hydroxyl groups excluding tert-OH is 24. The normalized spacial score (nSPS) is 48.2. The molecule has 35 atom stereocenters. The summed E-state index contributed by atoms with van der Waals surface area (Å²) in [7, 11) is 0. The van der Waals surface area contributed by atoms with Crippen LogP contribution in [0.25, 0.3) is 0 Å². The van der Waals surface area contributed by atoms with Gasteiger partial charge in [0.25, 0.3) is 5.79 Å². The molecule has 39 nitrogen and oxygen atoms in total. The van der Waals surface area contributed by atoms with Gasteiger partial charge in [0.15, 0.2) is 31.5 Å². The van der Waals surface area contributed by atoms with Crippen molar-refractivity contribution in [1.82, 2.24) is 0 Å². The van der Waals surface area contributed by atoms with Crippen molar-refractivity contribution < 1.29 is 189 Å². The number of carbonyl (C=O) groups is 1. The van der Waals surface area contributed by atoms with E-state index < -0.39 is 273 Å². The molecule has 27 N–H and O–H groups in total. The Morgan fingerprint density at radius 3 is 1.37 bits per heavy atom. The lowest BCUT2D eigenvalue weighted by Crippen LogP contribution is -2.73. The summed E-state index contributed by atoms with van der Waals surface area (Å²) in [5.74, 6) is -5.79. The summed E-state index contributed by atoms with van der Waals surface area (Å²) in [6.07, 6.45) is -67.8. The standard InChI is InChI=1S/C44H77NO38/c45-17-24(59)21(56)16(78-38(17)72-5-11(52)19(54)18(53)9(50)1-46)8-75-44(43(70)71)37(69)33(68)36(34(83-44)10(51)2-47)82-42-32(67)28(63)35(13(4-49)77-42)81-41-31(66)27(62)23(58)15(80-41)7-74-40-30(65)26(61)22(57)14(79-40)6-73-39-29(64)25(60)20(55)12(3-48)76-39/h9-42,46-69H,1-8,45H2,(H,70,71)/t9-,10+,11+,12+,13+,14+,15+,16+,17+,18+,19+,20+,21+,22+,23+,24+,25-,26-,27-,28+,29+,30+,31+,32+,33-,34+,35+,36+,37-,38+,39-,40-,41-,42+,44+/m0/s1. The lowest BCUT2D eigenvalue weighted by atomic mass is 9.89. The topological polar surface area (TPSA) is 660 Å². The average Bonchev–Trinajstić information content (AvgIpc) is 2.20. The van der Waals surface area contributed by atoms with Gasteiger partial charge in [-0.25, -0.2) is 4.79 Å². The molecule has 0 amide bonds. The maximum Gasteiger partial charge on any atom is 0.367 e. The molecule has 0 aliphatic carbocycles. The second kappa shape index (κ2) is 30.0. The monoisotopic (exact) mass is 1230 g/mol. The van der Waals surface area contributed by atoms with E-state index >= 15 is 0 Å². The van der Waals surface area contributed by atoms with Crippen LogP contribution in [0.4, 0.5) is 0 Å². The zero-order valence-corrected chi connectivity index (χ0v) is 43.4. The Morgan fingerprint density at radius 2 is 0.867 bits per heavy atom. The van der Waals surface area contributed by atoms with Gasteiger partial charge in [-0.2, -0.15) is 0 Å². The summed E-state index contributed by atoms with van der Waals surface area (Å²) in [5, 5.41) is 262. The molecule has 6 rings (SSSR count). The molecule has 0 aromatic heterocycles. The van der Waals surface area contributed by atoms with Gasteiger partial charge < -0.3 is 190 Å². The van der Waals surface area contributed by atoms with E-state index in [2.05, 4.69) is 0 Å². The van der Waals surface area contributed by atoms with Gasteiger partial charge in [0.05, 0.1) is 58.9 Å². The quantitative estimate of drug-likeness (QED) is 0.0404. The highest BCUT2D eigenvalue weighted by Gasteiger charge is 2.64. The van der Waals surface area contributed by atoms with Crippen molar-refractivity contribution in [2.75, 3.05) is 52.9 Å².